The molecule has 1 aromatic rings. The van der Waals surface area contributed by atoms with Crippen molar-refractivity contribution in [1.29, 1.82) is 0 Å². The average Bonchev–Trinajstić information content (AvgIpc) is 2.34. The molecule has 110 valence electrons. The number of nitrogens with two attached hydrogens (primary N) is 1. The molecule has 8 heteroatoms. The molecule has 0 amide bonds. The molecule has 1 aromatic carbocycles. The fraction of sp³-hybridized carbons (Fsp3) is 0.500. The summed E-state index contributed by atoms with van der Waals surface area (Å²) in [5.41, 5.74) is 5.30. The summed E-state index contributed by atoms with van der Waals surface area (Å²) in [4.78, 5) is 9.83. The number of nitrogens with zero attached hydrogens (tertiary/aromatic N) is 1. The first-order chi connectivity index (χ1) is 9.23. The number of nitrogens with one attached hydrogen (secondary N) is 1. The molecule has 0 bridgehead atoms. The highest BCUT2D eigenvalue weighted by Gasteiger charge is 2.33. The van der Waals surface area contributed by atoms with E-state index in [9.17, 15) is 18.5 Å². The molecule has 0 spiro atoms. The van der Waals surface area contributed by atoms with Gasteiger partial charge in [0.1, 0.15) is 4.90 Å². The molecule has 0 atom stereocenters. The van der Waals surface area contributed by atoms with Gasteiger partial charge in [-0.2, -0.15) is 0 Å². The first kappa shape index (κ1) is 14.7. The van der Waals surface area contributed by atoms with E-state index in [1.54, 1.807) is 0 Å². The highest BCUT2D eigenvalue weighted by Crippen LogP contribution is 2.39. The molecule has 3 N–H and O–H groups in total. The van der Waals surface area contributed by atoms with Crippen LogP contribution < -0.4 is 10.5 Å². The first-order valence-electron chi connectivity index (χ1n) is 6.27. The molecule has 1 aliphatic rings. The summed E-state index contributed by atoms with van der Waals surface area (Å²) in [6.07, 6.45) is 3.04. The van der Waals surface area contributed by atoms with Crippen LogP contribution in [-0.4, -0.2) is 19.9 Å². The van der Waals surface area contributed by atoms with Gasteiger partial charge in [-0.15, -0.1) is 0 Å². The van der Waals surface area contributed by atoms with Crippen molar-refractivity contribution in [2.75, 3.05) is 12.3 Å². The SMILES string of the molecule is CC1(CNS(=O)(=O)c2cc([N+](=O)[O-])ccc2N)CCC1. The van der Waals surface area contributed by atoms with Crippen LogP contribution in [0.1, 0.15) is 26.2 Å². The van der Waals surface area contributed by atoms with Gasteiger partial charge in [0.15, 0.2) is 0 Å². The number of nitro groups is 1. The zero-order valence-electron chi connectivity index (χ0n) is 11.1. The Morgan fingerprint density at radius 3 is 2.60 bits per heavy atom. The van der Waals surface area contributed by atoms with Gasteiger partial charge in [0.2, 0.25) is 10.0 Å². The van der Waals surface area contributed by atoms with Crippen LogP contribution in [0.15, 0.2) is 23.1 Å². The maximum Gasteiger partial charge on any atom is 0.270 e. The lowest BCUT2D eigenvalue weighted by Gasteiger charge is -2.38. The van der Waals surface area contributed by atoms with Gasteiger partial charge in [-0.1, -0.05) is 13.3 Å². The van der Waals surface area contributed by atoms with Crippen molar-refractivity contribution in [1.82, 2.24) is 4.72 Å². The molecule has 1 fully saturated rings. The third-order valence-corrected chi connectivity index (χ3v) is 5.20. The van der Waals surface area contributed by atoms with Crippen molar-refractivity contribution in [3.63, 3.8) is 0 Å². The molecule has 1 aliphatic carbocycles. The number of non-ortho nitro benzene ring substituents is 1. The zero-order chi connectivity index (χ0) is 15.0. The third kappa shape index (κ3) is 2.91. The largest absolute Gasteiger partial charge is 0.398 e. The Morgan fingerprint density at radius 1 is 1.45 bits per heavy atom. The molecular formula is C12H17N3O4S. The molecule has 2 rings (SSSR count). The minimum atomic E-state index is -3.84. The number of hydrogen-bond acceptors (Lipinski definition) is 5. The van der Waals surface area contributed by atoms with Gasteiger partial charge < -0.3 is 5.73 Å². The quantitative estimate of drug-likeness (QED) is 0.487. The van der Waals surface area contributed by atoms with E-state index in [1.807, 2.05) is 6.92 Å². The molecule has 20 heavy (non-hydrogen) atoms. The number of sulfonamides is 1. The molecule has 0 heterocycles. The smallest absolute Gasteiger partial charge is 0.270 e. The van der Waals surface area contributed by atoms with E-state index in [1.165, 1.54) is 12.1 Å². The van der Waals surface area contributed by atoms with E-state index >= 15 is 0 Å². The second-order valence-corrected chi connectivity index (χ2v) is 7.20. The van der Waals surface area contributed by atoms with Gasteiger partial charge in [0.05, 0.1) is 10.6 Å². The number of nitrogen functional groups attached to an aromatic ring is 1. The maximum atomic E-state index is 12.2. The van der Waals surface area contributed by atoms with Crippen molar-refractivity contribution in [2.45, 2.75) is 31.1 Å². The number of rotatable bonds is 5. The summed E-state index contributed by atoms with van der Waals surface area (Å²) in [5.74, 6) is 0. The molecule has 0 aromatic heterocycles. The molecule has 0 unspecified atom stereocenters. The summed E-state index contributed by atoms with van der Waals surface area (Å²) < 4.78 is 26.9. The van der Waals surface area contributed by atoms with Gasteiger partial charge in [-0.05, 0) is 24.3 Å². The van der Waals surface area contributed by atoms with Crippen LogP contribution in [0.3, 0.4) is 0 Å². The van der Waals surface area contributed by atoms with Crippen LogP contribution in [0.25, 0.3) is 0 Å². The van der Waals surface area contributed by atoms with Crippen molar-refractivity contribution < 1.29 is 13.3 Å². The highest BCUT2D eigenvalue weighted by atomic mass is 32.2. The van der Waals surface area contributed by atoms with Gasteiger partial charge in [0, 0.05) is 18.7 Å². The van der Waals surface area contributed by atoms with E-state index < -0.39 is 14.9 Å². The van der Waals surface area contributed by atoms with Gasteiger partial charge in [-0.25, -0.2) is 13.1 Å². The number of anilines is 1. The Balaban J connectivity index is 2.24. The summed E-state index contributed by atoms with van der Waals surface area (Å²) in [7, 11) is -3.84. The Labute approximate surface area is 117 Å². The van der Waals surface area contributed by atoms with Crippen molar-refractivity contribution in [3.8, 4) is 0 Å². The molecular weight excluding hydrogens is 282 g/mol. The van der Waals surface area contributed by atoms with Crippen LogP contribution in [-0.2, 0) is 10.0 Å². The Bertz CT molecular complexity index is 638. The Morgan fingerprint density at radius 2 is 2.10 bits per heavy atom. The highest BCUT2D eigenvalue weighted by molar-refractivity contribution is 7.89. The van der Waals surface area contributed by atoms with E-state index in [4.69, 9.17) is 5.73 Å². The Hall–Kier alpha value is -1.67. The molecule has 7 nitrogen and oxygen atoms in total. The monoisotopic (exact) mass is 299 g/mol. The second kappa shape index (κ2) is 5.02. The van der Waals surface area contributed by atoms with Crippen molar-refractivity contribution >= 4 is 21.4 Å². The van der Waals surface area contributed by atoms with Crippen LogP contribution >= 0.6 is 0 Å². The number of nitro benzene ring substituents is 1. The summed E-state index contributed by atoms with van der Waals surface area (Å²) in [5, 5.41) is 10.7. The molecule has 1 saturated carbocycles. The van der Waals surface area contributed by atoms with Crippen molar-refractivity contribution in [2.24, 2.45) is 5.41 Å². The lowest BCUT2D eigenvalue weighted by atomic mass is 9.71. The molecule has 0 radical (unpaired) electrons. The minimum absolute atomic E-state index is 0.00172. The predicted octanol–water partition coefficient (Wildman–Crippen LogP) is 1.65. The van der Waals surface area contributed by atoms with E-state index in [2.05, 4.69) is 4.72 Å². The van der Waals surface area contributed by atoms with E-state index in [0.29, 0.717) is 6.54 Å². The third-order valence-electron chi connectivity index (χ3n) is 3.75. The maximum absolute atomic E-state index is 12.2. The summed E-state index contributed by atoms with van der Waals surface area (Å²) in [6, 6.07) is 3.40. The number of hydrogen-bond donors (Lipinski definition) is 2. The first-order valence-corrected chi connectivity index (χ1v) is 7.75. The van der Waals surface area contributed by atoms with Crippen LogP contribution in [0.2, 0.25) is 0 Å². The summed E-state index contributed by atoms with van der Waals surface area (Å²) in [6.45, 7) is 2.33. The van der Waals surface area contributed by atoms with Gasteiger partial charge in [0.25, 0.3) is 5.69 Å². The fourth-order valence-electron chi connectivity index (χ4n) is 2.17. The zero-order valence-corrected chi connectivity index (χ0v) is 11.9. The predicted molar refractivity (Wildman–Crippen MR) is 74.7 cm³/mol. The standard InChI is InChI=1S/C12H17N3O4S/c1-12(5-2-6-12)8-14-20(18,19)11-7-9(15(16)17)3-4-10(11)13/h3-4,7,14H,2,5-6,8,13H2,1H3. The van der Waals surface area contributed by atoms with Crippen LogP contribution in [0.4, 0.5) is 11.4 Å². The topological polar surface area (TPSA) is 115 Å². The second-order valence-electron chi connectivity index (χ2n) is 5.47. The molecule has 0 saturated heterocycles. The number of benzene rings is 1. The fourth-order valence-corrected chi connectivity index (χ4v) is 3.52. The van der Waals surface area contributed by atoms with Crippen molar-refractivity contribution in [3.05, 3.63) is 28.3 Å². The minimum Gasteiger partial charge on any atom is -0.398 e. The van der Waals surface area contributed by atoms with Gasteiger partial charge in [-0.3, -0.25) is 10.1 Å². The lowest BCUT2D eigenvalue weighted by Crippen LogP contribution is -2.40. The summed E-state index contributed by atoms with van der Waals surface area (Å²) >= 11 is 0. The Kier molecular flexibility index (Phi) is 3.70. The van der Waals surface area contributed by atoms with Crippen LogP contribution in [0.5, 0.6) is 0 Å². The van der Waals surface area contributed by atoms with Crippen LogP contribution in [0, 0.1) is 15.5 Å². The molecule has 0 aliphatic heterocycles. The van der Waals surface area contributed by atoms with E-state index in [-0.39, 0.29) is 21.7 Å². The normalized spacial score (nSPS) is 17.4. The van der Waals surface area contributed by atoms with Gasteiger partial charge >= 0.3 is 0 Å². The average molecular weight is 299 g/mol. The van der Waals surface area contributed by atoms with E-state index in [0.717, 1.165) is 25.3 Å². The lowest BCUT2D eigenvalue weighted by molar-refractivity contribution is -0.385.